The van der Waals surface area contributed by atoms with Gasteiger partial charge >= 0.3 is 0 Å². The Hall–Kier alpha value is -3.52. The molecule has 4 aromatic rings. The highest BCUT2D eigenvalue weighted by molar-refractivity contribution is 5.77. The zero-order chi connectivity index (χ0) is 21.9. The topological polar surface area (TPSA) is 77.4 Å². The number of likely N-dealkylation sites (tertiary alicyclic amines) is 1. The van der Waals surface area contributed by atoms with E-state index in [0.717, 1.165) is 37.1 Å². The maximum absolute atomic E-state index is 13.1. The van der Waals surface area contributed by atoms with Crippen molar-refractivity contribution in [1.82, 2.24) is 20.3 Å². The summed E-state index contributed by atoms with van der Waals surface area (Å²) in [6.45, 7) is 4.11. The Labute approximate surface area is 184 Å². The quantitative estimate of drug-likeness (QED) is 0.428. The molecular weight excluding hydrogens is 411 g/mol. The molecule has 1 fully saturated rings. The van der Waals surface area contributed by atoms with Gasteiger partial charge in [-0.2, -0.15) is 0 Å². The van der Waals surface area contributed by atoms with Crippen LogP contribution in [0.15, 0.2) is 63.5 Å². The SMILES string of the molecule is Cc1onc(-c2ccccc2)c1-c1nnc(CN2CCC(Oc3ccc(F)cc3)CC2)o1. The summed E-state index contributed by atoms with van der Waals surface area (Å²) in [4.78, 5) is 2.26. The van der Waals surface area contributed by atoms with Crippen LogP contribution in [0, 0.1) is 12.7 Å². The van der Waals surface area contributed by atoms with Gasteiger partial charge in [0, 0.05) is 18.7 Å². The Morgan fingerprint density at radius 1 is 1.03 bits per heavy atom. The highest BCUT2D eigenvalue weighted by atomic mass is 19.1. The lowest BCUT2D eigenvalue weighted by Gasteiger charge is -2.31. The molecule has 0 bridgehead atoms. The number of benzene rings is 2. The summed E-state index contributed by atoms with van der Waals surface area (Å²) in [6, 6.07) is 15.9. The summed E-state index contributed by atoms with van der Waals surface area (Å²) in [5, 5.41) is 12.7. The third kappa shape index (κ3) is 4.40. The molecule has 1 saturated heterocycles. The summed E-state index contributed by atoms with van der Waals surface area (Å²) in [5.41, 5.74) is 2.35. The van der Waals surface area contributed by atoms with Crippen LogP contribution >= 0.6 is 0 Å². The van der Waals surface area contributed by atoms with Crippen LogP contribution in [0.2, 0.25) is 0 Å². The summed E-state index contributed by atoms with van der Waals surface area (Å²) in [7, 11) is 0. The zero-order valence-electron chi connectivity index (χ0n) is 17.7. The normalized spacial score (nSPS) is 15.2. The highest BCUT2D eigenvalue weighted by Gasteiger charge is 2.25. The van der Waals surface area contributed by atoms with Gasteiger partial charge in [0.2, 0.25) is 5.89 Å². The lowest BCUT2D eigenvalue weighted by Crippen LogP contribution is -2.37. The average Bonchev–Trinajstić information content (AvgIpc) is 3.43. The molecule has 1 aliphatic rings. The number of hydrogen-bond acceptors (Lipinski definition) is 7. The van der Waals surface area contributed by atoms with Crippen molar-refractivity contribution < 1.29 is 18.1 Å². The van der Waals surface area contributed by atoms with Crippen molar-refractivity contribution in [3.8, 4) is 28.5 Å². The number of ether oxygens (including phenoxy) is 1. The third-order valence-corrected chi connectivity index (χ3v) is 5.60. The first-order valence-corrected chi connectivity index (χ1v) is 10.6. The average molecular weight is 434 g/mol. The minimum Gasteiger partial charge on any atom is -0.490 e. The number of hydrogen-bond donors (Lipinski definition) is 0. The lowest BCUT2D eigenvalue weighted by atomic mass is 10.1. The maximum Gasteiger partial charge on any atom is 0.253 e. The largest absolute Gasteiger partial charge is 0.490 e. The molecule has 0 unspecified atom stereocenters. The zero-order valence-corrected chi connectivity index (χ0v) is 17.7. The molecule has 164 valence electrons. The molecule has 8 heteroatoms. The first-order chi connectivity index (χ1) is 15.7. The van der Waals surface area contributed by atoms with Gasteiger partial charge in [-0.3, -0.25) is 4.90 Å². The van der Waals surface area contributed by atoms with E-state index in [9.17, 15) is 4.39 Å². The van der Waals surface area contributed by atoms with Gasteiger partial charge in [-0.05, 0) is 44.0 Å². The molecule has 0 atom stereocenters. The third-order valence-electron chi connectivity index (χ3n) is 5.60. The summed E-state index contributed by atoms with van der Waals surface area (Å²) >= 11 is 0. The van der Waals surface area contributed by atoms with E-state index in [-0.39, 0.29) is 11.9 Å². The Balaban J connectivity index is 1.22. The van der Waals surface area contributed by atoms with Crippen LogP contribution in [0.5, 0.6) is 5.75 Å². The Morgan fingerprint density at radius 2 is 1.78 bits per heavy atom. The first-order valence-electron chi connectivity index (χ1n) is 10.6. The molecule has 32 heavy (non-hydrogen) atoms. The van der Waals surface area contributed by atoms with Gasteiger partial charge in [-0.1, -0.05) is 35.5 Å². The second-order valence-corrected chi connectivity index (χ2v) is 7.88. The molecule has 0 spiro atoms. The van der Waals surface area contributed by atoms with Crippen LogP contribution in [0.3, 0.4) is 0 Å². The van der Waals surface area contributed by atoms with Gasteiger partial charge < -0.3 is 13.7 Å². The molecule has 3 heterocycles. The van der Waals surface area contributed by atoms with Crippen LogP contribution in [-0.2, 0) is 6.54 Å². The summed E-state index contributed by atoms with van der Waals surface area (Å²) < 4.78 is 30.4. The molecule has 0 aliphatic carbocycles. The lowest BCUT2D eigenvalue weighted by molar-refractivity contribution is 0.0919. The maximum atomic E-state index is 13.1. The van der Waals surface area contributed by atoms with Gasteiger partial charge in [0.15, 0.2) is 0 Å². The minimum atomic E-state index is -0.261. The molecule has 0 amide bonds. The van der Waals surface area contributed by atoms with E-state index in [2.05, 4.69) is 20.3 Å². The van der Waals surface area contributed by atoms with Crippen LogP contribution < -0.4 is 4.74 Å². The molecule has 5 rings (SSSR count). The Kier molecular flexibility index (Phi) is 5.68. The van der Waals surface area contributed by atoms with Crippen LogP contribution in [0.25, 0.3) is 22.7 Å². The van der Waals surface area contributed by atoms with Crippen molar-refractivity contribution in [3.05, 3.63) is 72.1 Å². The van der Waals surface area contributed by atoms with Crippen molar-refractivity contribution in [2.45, 2.75) is 32.4 Å². The molecule has 7 nitrogen and oxygen atoms in total. The Morgan fingerprint density at radius 3 is 2.53 bits per heavy atom. The van der Waals surface area contributed by atoms with Crippen molar-refractivity contribution in [3.63, 3.8) is 0 Å². The van der Waals surface area contributed by atoms with E-state index in [1.807, 2.05) is 37.3 Å². The van der Waals surface area contributed by atoms with Crippen molar-refractivity contribution in [2.24, 2.45) is 0 Å². The number of halogens is 1. The minimum absolute atomic E-state index is 0.114. The van der Waals surface area contributed by atoms with Gasteiger partial charge in [0.25, 0.3) is 5.89 Å². The summed E-state index contributed by atoms with van der Waals surface area (Å²) in [6.07, 6.45) is 1.87. The van der Waals surface area contributed by atoms with Gasteiger partial charge in [0.1, 0.15) is 34.7 Å². The number of rotatable bonds is 6. The molecule has 0 N–H and O–H groups in total. The molecule has 1 aliphatic heterocycles. The van der Waals surface area contributed by atoms with E-state index in [4.69, 9.17) is 13.7 Å². The van der Waals surface area contributed by atoms with Crippen molar-refractivity contribution in [1.29, 1.82) is 0 Å². The number of aromatic nitrogens is 3. The predicted molar refractivity (Wildman–Crippen MR) is 115 cm³/mol. The summed E-state index contributed by atoms with van der Waals surface area (Å²) in [5.74, 6) is 2.04. The van der Waals surface area contributed by atoms with E-state index in [0.29, 0.717) is 35.5 Å². The first kappa shape index (κ1) is 20.4. The van der Waals surface area contributed by atoms with Crippen molar-refractivity contribution >= 4 is 0 Å². The van der Waals surface area contributed by atoms with Crippen LogP contribution in [-0.4, -0.2) is 39.4 Å². The van der Waals surface area contributed by atoms with Crippen molar-refractivity contribution in [2.75, 3.05) is 13.1 Å². The highest BCUT2D eigenvalue weighted by Crippen LogP contribution is 2.33. The van der Waals surface area contributed by atoms with E-state index >= 15 is 0 Å². The number of aryl methyl sites for hydroxylation is 1. The second-order valence-electron chi connectivity index (χ2n) is 7.88. The predicted octanol–water partition coefficient (Wildman–Crippen LogP) is 4.88. The Bertz CT molecular complexity index is 1170. The molecule has 0 saturated carbocycles. The fourth-order valence-electron chi connectivity index (χ4n) is 3.92. The molecule has 2 aromatic heterocycles. The molecule has 0 radical (unpaired) electrons. The standard InChI is InChI=1S/C24H23FN4O3/c1-16-22(23(28-32-16)17-5-3-2-4-6-17)24-27-26-21(31-24)15-29-13-11-20(12-14-29)30-19-9-7-18(25)8-10-19/h2-10,20H,11-15H2,1H3. The smallest absolute Gasteiger partial charge is 0.253 e. The monoisotopic (exact) mass is 434 g/mol. The fraction of sp³-hybridized carbons (Fsp3) is 0.292. The fourth-order valence-corrected chi connectivity index (χ4v) is 3.92. The van der Waals surface area contributed by atoms with E-state index in [1.165, 1.54) is 12.1 Å². The number of piperidine rings is 1. The van der Waals surface area contributed by atoms with Gasteiger partial charge in [-0.15, -0.1) is 10.2 Å². The van der Waals surface area contributed by atoms with Gasteiger partial charge in [-0.25, -0.2) is 4.39 Å². The van der Waals surface area contributed by atoms with Crippen LogP contribution in [0.4, 0.5) is 4.39 Å². The van der Waals surface area contributed by atoms with Crippen LogP contribution in [0.1, 0.15) is 24.5 Å². The van der Waals surface area contributed by atoms with Gasteiger partial charge in [0.05, 0.1) is 6.54 Å². The van der Waals surface area contributed by atoms with E-state index < -0.39 is 0 Å². The molecular formula is C24H23FN4O3. The second kappa shape index (κ2) is 8.92. The van der Waals surface area contributed by atoms with E-state index in [1.54, 1.807) is 12.1 Å². The number of nitrogens with zero attached hydrogens (tertiary/aromatic N) is 4. The molecule has 2 aromatic carbocycles.